The number of fused-ring (bicyclic) bond motifs is 4. The SMILES string of the molecule is Cc1cncc(N2CC3CC2CN3P)c1.OCc1cncc(N2CC3CC2CN3P)c1. The van der Waals surface area contributed by atoms with Crippen molar-refractivity contribution in [3.05, 3.63) is 48.0 Å². The first kappa shape index (κ1) is 21.5. The first-order valence-electron chi connectivity index (χ1n) is 11.0. The largest absolute Gasteiger partial charge is 0.392 e. The molecule has 4 aliphatic heterocycles. The van der Waals surface area contributed by atoms with Crippen molar-refractivity contribution in [3.8, 4) is 0 Å². The van der Waals surface area contributed by atoms with Crippen LogP contribution in [0.5, 0.6) is 0 Å². The van der Waals surface area contributed by atoms with Crippen molar-refractivity contribution >= 4 is 30.2 Å². The molecule has 0 radical (unpaired) electrons. The lowest BCUT2D eigenvalue weighted by Crippen LogP contribution is -2.42. The highest BCUT2D eigenvalue weighted by molar-refractivity contribution is 7.13. The van der Waals surface area contributed by atoms with Crippen LogP contribution in [0.2, 0.25) is 0 Å². The molecule has 6 heterocycles. The van der Waals surface area contributed by atoms with Crippen LogP contribution in [0, 0.1) is 6.92 Å². The summed E-state index contributed by atoms with van der Waals surface area (Å²) in [5, 5.41) is 9.11. The lowest BCUT2D eigenvalue weighted by atomic mass is 10.2. The Balaban J connectivity index is 0.000000132. The molecule has 6 atom stereocenters. The number of nitrogens with zero attached hydrogens (tertiary/aromatic N) is 6. The number of hydrogen-bond donors (Lipinski definition) is 1. The van der Waals surface area contributed by atoms with Gasteiger partial charge in [0.2, 0.25) is 0 Å². The van der Waals surface area contributed by atoms with Crippen molar-refractivity contribution in [2.45, 2.75) is 50.5 Å². The zero-order valence-corrected chi connectivity index (χ0v) is 20.3. The molecule has 7 nitrogen and oxygen atoms in total. The smallest absolute Gasteiger partial charge is 0.0697 e. The highest BCUT2D eigenvalue weighted by atomic mass is 31.0. The molecule has 0 aliphatic carbocycles. The molecule has 166 valence electrons. The molecule has 1 N–H and O–H groups in total. The third kappa shape index (κ3) is 4.31. The summed E-state index contributed by atoms with van der Waals surface area (Å²) in [6.45, 7) is 6.68. The van der Waals surface area contributed by atoms with Crippen LogP contribution in [-0.2, 0) is 6.61 Å². The van der Waals surface area contributed by atoms with Crippen molar-refractivity contribution in [2.24, 2.45) is 0 Å². The fourth-order valence-electron chi connectivity index (χ4n) is 5.44. The van der Waals surface area contributed by atoms with Gasteiger partial charge in [0.1, 0.15) is 0 Å². The Bertz CT molecular complexity index is 928. The van der Waals surface area contributed by atoms with Crippen LogP contribution in [0.15, 0.2) is 36.9 Å². The van der Waals surface area contributed by atoms with Gasteiger partial charge in [-0.25, -0.2) is 0 Å². The van der Waals surface area contributed by atoms with Crippen LogP contribution in [0.4, 0.5) is 11.4 Å². The third-order valence-corrected chi connectivity index (χ3v) is 8.32. The lowest BCUT2D eigenvalue weighted by molar-refractivity contribution is 0.281. The molecule has 2 aromatic heterocycles. The Labute approximate surface area is 189 Å². The van der Waals surface area contributed by atoms with E-state index in [1.807, 2.05) is 24.7 Å². The molecule has 4 saturated heterocycles. The highest BCUT2D eigenvalue weighted by Gasteiger charge is 2.42. The summed E-state index contributed by atoms with van der Waals surface area (Å²) in [4.78, 5) is 13.4. The van der Waals surface area contributed by atoms with E-state index in [1.165, 1.54) is 30.6 Å². The Morgan fingerprint density at radius 1 is 0.806 bits per heavy atom. The summed E-state index contributed by atoms with van der Waals surface area (Å²) in [6, 6.07) is 6.96. The minimum absolute atomic E-state index is 0.0680. The van der Waals surface area contributed by atoms with E-state index in [0.717, 1.165) is 36.9 Å². The van der Waals surface area contributed by atoms with E-state index in [2.05, 4.69) is 60.9 Å². The van der Waals surface area contributed by atoms with E-state index in [9.17, 15) is 0 Å². The van der Waals surface area contributed by atoms with Gasteiger partial charge in [0.05, 0.1) is 30.4 Å². The van der Waals surface area contributed by atoms with E-state index in [-0.39, 0.29) is 6.61 Å². The van der Waals surface area contributed by atoms with Crippen LogP contribution >= 0.6 is 18.8 Å². The second kappa shape index (κ2) is 8.88. The van der Waals surface area contributed by atoms with Gasteiger partial charge in [-0.3, -0.25) is 19.3 Å². The summed E-state index contributed by atoms with van der Waals surface area (Å²) >= 11 is 0. The minimum Gasteiger partial charge on any atom is -0.392 e. The van der Waals surface area contributed by atoms with Gasteiger partial charge in [0, 0.05) is 62.7 Å². The van der Waals surface area contributed by atoms with Crippen molar-refractivity contribution < 1.29 is 5.11 Å². The molecule has 0 aromatic carbocycles. The van der Waals surface area contributed by atoms with Gasteiger partial charge < -0.3 is 14.9 Å². The van der Waals surface area contributed by atoms with E-state index >= 15 is 0 Å². The summed E-state index contributed by atoms with van der Waals surface area (Å²) in [5.41, 5.74) is 4.58. The van der Waals surface area contributed by atoms with Crippen molar-refractivity contribution in [1.82, 2.24) is 19.3 Å². The number of aliphatic hydroxyl groups is 1. The molecule has 6 unspecified atom stereocenters. The fraction of sp³-hybridized carbons (Fsp3) is 0.545. The summed E-state index contributed by atoms with van der Waals surface area (Å²) < 4.78 is 4.74. The molecule has 0 spiro atoms. The maximum absolute atomic E-state index is 9.11. The summed E-state index contributed by atoms with van der Waals surface area (Å²) in [5.74, 6) is 0. The number of aliphatic hydroxyl groups excluding tert-OH is 1. The van der Waals surface area contributed by atoms with E-state index in [4.69, 9.17) is 5.11 Å². The normalized spacial score (nSPS) is 29.5. The van der Waals surface area contributed by atoms with Gasteiger partial charge in [0.25, 0.3) is 0 Å². The minimum atomic E-state index is 0.0680. The molecule has 0 amide bonds. The number of pyridine rings is 2. The monoisotopic (exact) mass is 458 g/mol. The molecular formula is C22H32N6OP2. The molecule has 4 bridgehead atoms. The number of piperazine rings is 2. The first-order valence-corrected chi connectivity index (χ1v) is 12.1. The fourth-order valence-corrected chi connectivity index (χ4v) is 6.36. The first-order chi connectivity index (χ1) is 15.0. The predicted molar refractivity (Wildman–Crippen MR) is 131 cm³/mol. The zero-order valence-electron chi connectivity index (χ0n) is 18.0. The van der Waals surface area contributed by atoms with Crippen LogP contribution in [-0.4, -0.2) is 74.8 Å². The molecule has 31 heavy (non-hydrogen) atoms. The second-order valence-corrected chi connectivity index (χ2v) is 10.5. The van der Waals surface area contributed by atoms with Gasteiger partial charge in [-0.1, -0.05) is 18.8 Å². The number of anilines is 2. The topological polar surface area (TPSA) is 59.0 Å². The number of hydrogen-bond acceptors (Lipinski definition) is 7. The molecular weight excluding hydrogens is 426 g/mol. The molecule has 6 rings (SSSR count). The van der Waals surface area contributed by atoms with Crippen molar-refractivity contribution in [1.29, 1.82) is 0 Å². The Kier molecular flexibility index (Phi) is 6.15. The van der Waals surface area contributed by atoms with E-state index in [1.54, 1.807) is 6.20 Å². The van der Waals surface area contributed by atoms with E-state index < -0.39 is 0 Å². The highest BCUT2D eigenvalue weighted by Crippen LogP contribution is 2.37. The molecule has 2 aromatic rings. The van der Waals surface area contributed by atoms with E-state index in [0.29, 0.717) is 18.1 Å². The average molecular weight is 458 g/mol. The van der Waals surface area contributed by atoms with Gasteiger partial charge >= 0.3 is 0 Å². The Hall–Kier alpha value is -1.36. The summed E-state index contributed by atoms with van der Waals surface area (Å²) in [6.07, 6.45) is 10.1. The number of aryl methyl sites for hydroxylation is 1. The van der Waals surface area contributed by atoms with Crippen LogP contribution in [0.3, 0.4) is 0 Å². The molecule has 4 aliphatic rings. The number of rotatable bonds is 3. The third-order valence-electron chi connectivity index (χ3n) is 7.05. The Morgan fingerprint density at radius 2 is 1.35 bits per heavy atom. The van der Waals surface area contributed by atoms with Crippen LogP contribution < -0.4 is 9.80 Å². The van der Waals surface area contributed by atoms with Crippen molar-refractivity contribution in [2.75, 3.05) is 36.0 Å². The van der Waals surface area contributed by atoms with Crippen LogP contribution in [0.1, 0.15) is 24.0 Å². The quantitative estimate of drug-likeness (QED) is 0.707. The molecule has 0 saturated carbocycles. The Morgan fingerprint density at radius 3 is 1.81 bits per heavy atom. The maximum atomic E-state index is 9.11. The van der Waals surface area contributed by atoms with Gasteiger partial charge in [-0.05, 0) is 43.0 Å². The predicted octanol–water partition coefficient (Wildman–Crippen LogP) is 2.07. The molecule has 9 heteroatoms. The standard InChI is InChI=1S/C11H16N3OP.C11H16N3P/c15-7-8-1-9(4-12-3-8)13-5-11-2-10(13)6-14(11)16;1-8-2-9(5-12-4-8)13-6-11-3-10(13)7-14(11)15/h1,3-4,10-11,15H,2,5-7,16H2;2,4-5,10-11H,3,6-7,15H2,1H3. The average Bonchev–Trinajstić information content (AvgIpc) is 3.54. The number of aromatic nitrogens is 2. The second-order valence-electron chi connectivity index (χ2n) is 9.22. The van der Waals surface area contributed by atoms with Crippen LogP contribution in [0.25, 0.3) is 0 Å². The zero-order chi connectivity index (χ0) is 21.5. The summed E-state index contributed by atoms with van der Waals surface area (Å²) in [7, 11) is 5.65. The van der Waals surface area contributed by atoms with Gasteiger partial charge in [-0.15, -0.1) is 0 Å². The molecule has 4 fully saturated rings. The van der Waals surface area contributed by atoms with Gasteiger partial charge in [0.15, 0.2) is 0 Å². The maximum Gasteiger partial charge on any atom is 0.0697 e. The lowest BCUT2D eigenvalue weighted by Gasteiger charge is -2.33. The van der Waals surface area contributed by atoms with Crippen molar-refractivity contribution in [3.63, 3.8) is 0 Å². The van der Waals surface area contributed by atoms with Gasteiger partial charge in [-0.2, -0.15) is 0 Å².